The third-order valence-corrected chi connectivity index (χ3v) is 6.37. The van der Waals surface area contributed by atoms with E-state index in [4.69, 9.17) is 11.6 Å². The van der Waals surface area contributed by atoms with Crippen LogP contribution in [0.25, 0.3) is 6.08 Å². The van der Waals surface area contributed by atoms with Crippen molar-refractivity contribution in [3.8, 4) is 0 Å². The Balaban J connectivity index is 2.27. The molecule has 2 rings (SSSR count). The Labute approximate surface area is 162 Å². The number of hydrogen-bond donors (Lipinski definition) is 0. The monoisotopic (exact) mass is 391 g/mol. The van der Waals surface area contributed by atoms with E-state index in [0.29, 0.717) is 17.5 Å². The summed E-state index contributed by atoms with van der Waals surface area (Å²) in [6.45, 7) is 6.49. The molecule has 3 nitrogen and oxygen atoms in total. The molecule has 0 radical (unpaired) electrons. The summed E-state index contributed by atoms with van der Waals surface area (Å²) in [4.78, 5) is 0.269. The lowest BCUT2D eigenvalue weighted by Crippen LogP contribution is -2.39. The van der Waals surface area contributed by atoms with Gasteiger partial charge in [0.1, 0.15) is 0 Å². The summed E-state index contributed by atoms with van der Waals surface area (Å²) in [7, 11) is -3.59. The summed E-state index contributed by atoms with van der Waals surface area (Å²) in [6.07, 6.45) is 4.65. The maximum atomic E-state index is 13.2. The molecule has 0 saturated heterocycles. The van der Waals surface area contributed by atoms with Crippen molar-refractivity contribution in [1.82, 2.24) is 4.31 Å². The van der Waals surface area contributed by atoms with Crippen LogP contribution in [0.3, 0.4) is 0 Å². The normalized spacial score (nSPS) is 13.6. The van der Waals surface area contributed by atoms with Gasteiger partial charge in [0, 0.05) is 17.6 Å². The fourth-order valence-corrected chi connectivity index (χ4v) is 4.63. The van der Waals surface area contributed by atoms with E-state index < -0.39 is 10.0 Å². The van der Waals surface area contributed by atoms with E-state index in [2.05, 4.69) is 13.8 Å². The van der Waals surface area contributed by atoms with Crippen LogP contribution in [0.2, 0.25) is 5.02 Å². The molecule has 2 aromatic carbocycles. The Morgan fingerprint density at radius 1 is 1.00 bits per heavy atom. The van der Waals surface area contributed by atoms with Gasteiger partial charge in [0.05, 0.1) is 4.90 Å². The molecule has 0 N–H and O–H groups in total. The van der Waals surface area contributed by atoms with Crippen LogP contribution in [-0.2, 0) is 10.0 Å². The summed E-state index contributed by atoms with van der Waals surface area (Å²) in [5, 5.41) is 0.523. The number of benzene rings is 2. The summed E-state index contributed by atoms with van der Waals surface area (Å²) < 4.78 is 27.9. The zero-order valence-electron chi connectivity index (χ0n) is 15.5. The average Bonchev–Trinajstić information content (AvgIpc) is 2.59. The summed E-state index contributed by atoms with van der Waals surface area (Å²) in [5.41, 5.74) is 1.05. The van der Waals surface area contributed by atoms with Crippen molar-refractivity contribution in [2.24, 2.45) is 5.92 Å². The molecule has 0 saturated carbocycles. The smallest absolute Gasteiger partial charge is 0.207 e. The van der Waals surface area contributed by atoms with Crippen molar-refractivity contribution in [2.75, 3.05) is 6.54 Å². The number of sulfonamides is 1. The first-order valence-corrected chi connectivity index (χ1v) is 10.6. The zero-order chi connectivity index (χ0) is 19.2. The molecule has 1 atom stereocenters. The Kier molecular flexibility index (Phi) is 7.44. The standard InChI is InChI=1S/C21H26ClNO2S/c1-17(2)16-18(3)23(15-7-10-19-8-5-4-6-9-19)26(24,25)21-13-11-20(22)12-14-21/h4-14,17-18H,15-16H2,1-3H3. The first-order valence-electron chi connectivity index (χ1n) is 8.79. The van der Waals surface area contributed by atoms with Crippen LogP contribution in [-0.4, -0.2) is 25.3 Å². The molecule has 26 heavy (non-hydrogen) atoms. The van der Waals surface area contributed by atoms with Gasteiger partial charge in [-0.1, -0.05) is 67.9 Å². The van der Waals surface area contributed by atoms with Gasteiger partial charge in [-0.3, -0.25) is 0 Å². The zero-order valence-corrected chi connectivity index (χ0v) is 17.0. The van der Waals surface area contributed by atoms with Gasteiger partial charge in [0.25, 0.3) is 0 Å². The molecular weight excluding hydrogens is 366 g/mol. The third kappa shape index (κ3) is 5.70. The Hall–Kier alpha value is -1.62. The maximum Gasteiger partial charge on any atom is 0.243 e. The predicted molar refractivity (Wildman–Crippen MR) is 110 cm³/mol. The van der Waals surface area contributed by atoms with Crippen molar-refractivity contribution >= 4 is 27.7 Å². The van der Waals surface area contributed by atoms with Gasteiger partial charge < -0.3 is 0 Å². The second-order valence-electron chi connectivity index (χ2n) is 6.82. The van der Waals surface area contributed by atoms with Crippen LogP contribution >= 0.6 is 11.6 Å². The molecule has 0 spiro atoms. The molecule has 0 aliphatic carbocycles. The van der Waals surface area contributed by atoms with Gasteiger partial charge in [0.15, 0.2) is 0 Å². The van der Waals surface area contributed by atoms with E-state index in [9.17, 15) is 8.42 Å². The lowest BCUT2D eigenvalue weighted by molar-refractivity contribution is 0.317. The minimum Gasteiger partial charge on any atom is -0.207 e. The van der Waals surface area contributed by atoms with E-state index in [1.807, 2.05) is 49.4 Å². The molecule has 0 fully saturated rings. The summed E-state index contributed by atoms with van der Waals surface area (Å²) >= 11 is 5.90. The van der Waals surface area contributed by atoms with E-state index >= 15 is 0 Å². The highest BCUT2D eigenvalue weighted by molar-refractivity contribution is 7.89. The average molecular weight is 392 g/mol. The number of nitrogens with zero attached hydrogens (tertiary/aromatic N) is 1. The largest absolute Gasteiger partial charge is 0.243 e. The lowest BCUT2D eigenvalue weighted by Gasteiger charge is -2.28. The molecule has 140 valence electrons. The van der Waals surface area contributed by atoms with Crippen molar-refractivity contribution in [3.63, 3.8) is 0 Å². The van der Waals surface area contributed by atoms with Gasteiger partial charge >= 0.3 is 0 Å². The van der Waals surface area contributed by atoms with E-state index in [-0.39, 0.29) is 10.9 Å². The second kappa shape index (κ2) is 9.36. The molecule has 0 bridgehead atoms. The van der Waals surface area contributed by atoms with Crippen LogP contribution in [0.4, 0.5) is 0 Å². The van der Waals surface area contributed by atoms with Gasteiger partial charge in [-0.2, -0.15) is 4.31 Å². The van der Waals surface area contributed by atoms with Crippen LogP contribution in [0, 0.1) is 5.92 Å². The van der Waals surface area contributed by atoms with Gasteiger partial charge in [-0.05, 0) is 49.1 Å². The Morgan fingerprint density at radius 3 is 2.19 bits per heavy atom. The molecule has 2 aromatic rings. The topological polar surface area (TPSA) is 37.4 Å². The highest BCUT2D eigenvalue weighted by atomic mass is 35.5. The quantitative estimate of drug-likeness (QED) is 0.597. The second-order valence-corrected chi connectivity index (χ2v) is 9.15. The van der Waals surface area contributed by atoms with E-state index in [1.54, 1.807) is 28.6 Å². The fourth-order valence-electron chi connectivity index (χ4n) is 2.91. The van der Waals surface area contributed by atoms with Crippen LogP contribution < -0.4 is 0 Å². The predicted octanol–water partition coefficient (Wildman–Crippen LogP) is 5.48. The molecular formula is C21H26ClNO2S. The fraction of sp³-hybridized carbons (Fsp3) is 0.333. The summed E-state index contributed by atoms with van der Waals surface area (Å²) in [6, 6.07) is 16.1. The van der Waals surface area contributed by atoms with E-state index in [0.717, 1.165) is 12.0 Å². The van der Waals surface area contributed by atoms with E-state index in [1.165, 1.54) is 0 Å². The first kappa shape index (κ1) is 20.7. The maximum absolute atomic E-state index is 13.2. The molecule has 0 aromatic heterocycles. The van der Waals surface area contributed by atoms with Crippen LogP contribution in [0.1, 0.15) is 32.8 Å². The van der Waals surface area contributed by atoms with Gasteiger partial charge in [0.2, 0.25) is 10.0 Å². The number of rotatable bonds is 8. The lowest BCUT2D eigenvalue weighted by atomic mass is 10.1. The first-order chi connectivity index (χ1) is 12.3. The number of hydrogen-bond acceptors (Lipinski definition) is 2. The minimum atomic E-state index is -3.59. The third-order valence-electron chi connectivity index (χ3n) is 4.12. The molecule has 1 unspecified atom stereocenters. The van der Waals surface area contributed by atoms with Crippen LogP contribution in [0.15, 0.2) is 65.6 Å². The number of halogens is 1. The highest BCUT2D eigenvalue weighted by Gasteiger charge is 2.28. The van der Waals surface area contributed by atoms with Crippen molar-refractivity contribution in [2.45, 2.75) is 38.1 Å². The Morgan fingerprint density at radius 2 is 1.62 bits per heavy atom. The van der Waals surface area contributed by atoms with Crippen molar-refractivity contribution in [1.29, 1.82) is 0 Å². The van der Waals surface area contributed by atoms with Crippen LogP contribution in [0.5, 0.6) is 0 Å². The molecule has 0 amide bonds. The van der Waals surface area contributed by atoms with Crippen molar-refractivity contribution < 1.29 is 8.42 Å². The SMILES string of the molecule is CC(C)CC(C)N(CC=Cc1ccccc1)S(=O)(=O)c1ccc(Cl)cc1. The molecule has 0 heterocycles. The van der Waals surface area contributed by atoms with Crippen molar-refractivity contribution in [3.05, 3.63) is 71.3 Å². The molecule has 5 heteroatoms. The van der Waals surface area contributed by atoms with Gasteiger partial charge in [-0.15, -0.1) is 0 Å². The molecule has 0 aliphatic rings. The Bertz CT molecular complexity index is 815. The van der Waals surface area contributed by atoms with Gasteiger partial charge in [-0.25, -0.2) is 8.42 Å². The minimum absolute atomic E-state index is 0.101. The summed E-state index contributed by atoms with van der Waals surface area (Å²) in [5.74, 6) is 0.408. The highest BCUT2D eigenvalue weighted by Crippen LogP contribution is 2.23. The molecule has 0 aliphatic heterocycles.